The lowest BCUT2D eigenvalue weighted by atomic mass is 9.83. The van der Waals surface area contributed by atoms with E-state index in [0.717, 1.165) is 38.4 Å². The Bertz CT molecular complexity index is 854. The number of hydrogen-bond acceptors (Lipinski definition) is 8. The zero-order chi connectivity index (χ0) is 27.7. The minimum Gasteiger partial charge on any atom is -0.475 e. The number of aliphatic hydroxyl groups is 1. The van der Waals surface area contributed by atoms with E-state index in [4.69, 9.17) is 24.9 Å². The molecule has 204 valence electrons. The quantitative estimate of drug-likeness (QED) is 0.478. The van der Waals surface area contributed by atoms with Crippen molar-refractivity contribution in [3.05, 3.63) is 18.5 Å². The van der Waals surface area contributed by atoms with E-state index in [0.29, 0.717) is 13.1 Å². The minimum atomic E-state index is -5.08. The van der Waals surface area contributed by atoms with Crippen LogP contribution >= 0.6 is 0 Å². The summed E-state index contributed by atoms with van der Waals surface area (Å²) in [7, 11) is 2.03. The zero-order valence-electron chi connectivity index (χ0n) is 19.0. The molecule has 3 heterocycles. The lowest BCUT2D eigenvalue weighted by Crippen LogP contribution is -2.68. The monoisotopic (exact) mass is 533 g/mol. The lowest BCUT2D eigenvalue weighted by molar-refractivity contribution is -0.193. The van der Waals surface area contributed by atoms with Crippen LogP contribution in [0, 0.1) is 0 Å². The first-order valence-electron chi connectivity index (χ1n) is 10.3. The number of anilines is 1. The van der Waals surface area contributed by atoms with Crippen LogP contribution in [0.5, 0.6) is 0 Å². The number of carboxylic acids is 2. The molecule has 17 heteroatoms. The highest BCUT2D eigenvalue weighted by Gasteiger charge is 2.49. The summed E-state index contributed by atoms with van der Waals surface area (Å²) in [5.41, 5.74) is -0.432. The van der Waals surface area contributed by atoms with Gasteiger partial charge in [-0.25, -0.2) is 19.6 Å². The van der Waals surface area contributed by atoms with Gasteiger partial charge in [0.25, 0.3) is 0 Å². The summed E-state index contributed by atoms with van der Waals surface area (Å²) in [5.74, 6) is -4.63. The Hall–Kier alpha value is -3.21. The van der Waals surface area contributed by atoms with Gasteiger partial charge in [0.05, 0.1) is 6.61 Å². The van der Waals surface area contributed by atoms with Crippen LogP contribution in [0.4, 0.5) is 32.3 Å². The van der Waals surface area contributed by atoms with Crippen LogP contribution in [-0.4, -0.2) is 117 Å². The summed E-state index contributed by atoms with van der Waals surface area (Å²) < 4.78 is 63.5. The molecule has 0 aromatic carbocycles. The Morgan fingerprint density at radius 2 is 1.39 bits per heavy atom. The van der Waals surface area contributed by atoms with Crippen molar-refractivity contribution in [2.24, 2.45) is 0 Å². The molecular formula is C19H25F6N5O6. The predicted molar refractivity (Wildman–Crippen MR) is 110 cm³/mol. The number of carboxylic acid groups (broad SMARTS) is 2. The first-order chi connectivity index (χ1) is 16.6. The molecule has 3 rings (SSSR count). The van der Waals surface area contributed by atoms with E-state index in [-0.39, 0.29) is 12.5 Å². The van der Waals surface area contributed by atoms with Gasteiger partial charge in [-0.1, -0.05) is 0 Å². The Morgan fingerprint density at radius 1 is 0.944 bits per heavy atom. The van der Waals surface area contributed by atoms with Gasteiger partial charge in [0.1, 0.15) is 5.54 Å². The molecule has 2 fully saturated rings. The van der Waals surface area contributed by atoms with Gasteiger partial charge >= 0.3 is 24.3 Å². The van der Waals surface area contributed by atoms with Crippen molar-refractivity contribution in [2.75, 3.05) is 51.3 Å². The molecule has 11 nitrogen and oxygen atoms in total. The van der Waals surface area contributed by atoms with E-state index < -0.39 is 29.8 Å². The number of aliphatic hydroxyl groups excluding tert-OH is 1. The first-order valence-corrected chi connectivity index (χ1v) is 10.3. The summed E-state index contributed by atoms with van der Waals surface area (Å²) in [6.45, 7) is 3.55. The molecule has 36 heavy (non-hydrogen) atoms. The largest absolute Gasteiger partial charge is 0.490 e. The molecule has 0 radical (unpaired) electrons. The van der Waals surface area contributed by atoms with Gasteiger partial charge in [0.2, 0.25) is 11.9 Å². The fourth-order valence-electron chi connectivity index (χ4n) is 3.50. The molecule has 0 bridgehead atoms. The molecule has 0 aliphatic carbocycles. The number of amides is 1. The Balaban J connectivity index is 0.000000383. The van der Waals surface area contributed by atoms with Crippen molar-refractivity contribution in [3.63, 3.8) is 0 Å². The highest BCUT2D eigenvalue weighted by molar-refractivity contribution is 5.87. The number of hydrogen-bond donors (Lipinski definition) is 3. The van der Waals surface area contributed by atoms with Crippen molar-refractivity contribution in [3.8, 4) is 0 Å². The van der Waals surface area contributed by atoms with E-state index in [1.54, 1.807) is 23.4 Å². The summed E-state index contributed by atoms with van der Waals surface area (Å²) in [5, 5.41) is 23.4. The zero-order valence-corrected chi connectivity index (χ0v) is 19.0. The van der Waals surface area contributed by atoms with Crippen molar-refractivity contribution in [1.29, 1.82) is 0 Å². The number of likely N-dealkylation sites (N-methyl/N-ethyl adjacent to an activating group) is 1. The fourth-order valence-corrected chi connectivity index (χ4v) is 3.50. The van der Waals surface area contributed by atoms with Gasteiger partial charge < -0.3 is 25.1 Å². The maximum atomic E-state index is 12.9. The standard InChI is InChI=1S/C15H23N5O2.2C2HF3O2/c1-18-9-10-19(11-12-21)13(22)15(18)3-7-20(8-4-15)14-16-5-2-6-17-14;2*3-2(4,5)1(6)7/h2,5-6,21H,3-4,7-12H2,1H3;2*(H,6,7). The summed E-state index contributed by atoms with van der Waals surface area (Å²) in [6, 6.07) is 1.81. The molecule has 2 aliphatic heterocycles. The van der Waals surface area contributed by atoms with E-state index in [9.17, 15) is 31.1 Å². The lowest BCUT2D eigenvalue weighted by Gasteiger charge is -2.51. The normalized spacial score (nSPS) is 18.1. The van der Waals surface area contributed by atoms with Gasteiger partial charge in [0.15, 0.2) is 0 Å². The smallest absolute Gasteiger partial charge is 0.475 e. The Kier molecular flexibility index (Phi) is 10.8. The summed E-state index contributed by atoms with van der Waals surface area (Å²) >= 11 is 0. The van der Waals surface area contributed by atoms with Gasteiger partial charge in [-0.05, 0) is 26.0 Å². The van der Waals surface area contributed by atoms with Crippen LogP contribution in [0.25, 0.3) is 0 Å². The molecule has 1 amide bonds. The number of rotatable bonds is 3. The number of piperazine rings is 1. The van der Waals surface area contributed by atoms with Crippen LogP contribution in [0.2, 0.25) is 0 Å². The number of carbonyl (C=O) groups is 3. The predicted octanol–water partition coefficient (Wildman–Crippen LogP) is 0.848. The van der Waals surface area contributed by atoms with Crippen LogP contribution in [0.1, 0.15) is 12.8 Å². The topological polar surface area (TPSA) is 147 Å². The average Bonchev–Trinajstić information content (AvgIpc) is 2.80. The second kappa shape index (κ2) is 12.7. The number of nitrogens with zero attached hydrogens (tertiary/aromatic N) is 5. The number of carbonyl (C=O) groups excluding carboxylic acids is 1. The maximum Gasteiger partial charge on any atom is 0.490 e. The SMILES string of the molecule is CN1CCN(CCO)C(=O)C12CCN(c1ncccn1)CC2.O=C(O)C(F)(F)F.O=C(O)C(F)(F)F. The summed E-state index contributed by atoms with van der Waals surface area (Å²) in [6.07, 6.45) is -5.15. The molecule has 1 aromatic heterocycles. The van der Waals surface area contributed by atoms with E-state index in [1.165, 1.54) is 0 Å². The minimum absolute atomic E-state index is 0.0233. The second-order valence-electron chi connectivity index (χ2n) is 7.61. The number of β-amino-alcohol motifs (C(OH)–C–C–N with tert-alkyl or cyclic N) is 1. The Labute approximate surface area is 200 Å². The van der Waals surface area contributed by atoms with Crippen molar-refractivity contribution in [2.45, 2.75) is 30.7 Å². The molecule has 1 spiro atoms. The number of alkyl halides is 6. The molecule has 1 aromatic rings. The molecule has 0 unspecified atom stereocenters. The molecule has 2 aliphatic rings. The van der Waals surface area contributed by atoms with E-state index in [2.05, 4.69) is 19.8 Å². The third-order valence-electron chi connectivity index (χ3n) is 5.40. The third kappa shape index (κ3) is 8.47. The van der Waals surface area contributed by atoms with E-state index in [1.807, 2.05) is 7.05 Å². The van der Waals surface area contributed by atoms with E-state index >= 15 is 0 Å². The van der Waals surface area contributed by atoms with Gasteiger partial charge in [0, 0.05) is 45.1 Å². The van der Waals surface area contributed by atoms with Crippen LogP contribution in [-0.2, 0) is 14.4 Å². The Morgan fingerprint density at radius 3 is 1.78 bits per heavy atom. The maximum absolute atomic E-state index is 12.9. The number of aromatic nitrogens is 2. The molecular weight excluding hydrogens is 508 g/mol. The molecule has 3 N–H and O–H groups in total. The third-order valence-corrected chi connectivity index (χ3v) is 5.40. The molecule has 2 saturated heterocycles. The van der Waals surface area contributed by atoms with Crippen molar-refractivity contribution in [1.82, 2.24) is 19.8 Å². The highest BCUT2D eigenvalue weighted by Crippen LogP contribution is 2.33. The molecule has 0 saturated carbocycles. The first kappa shape index (κ1) is 30.8. The fraction of sp³-hybridized carbons (Fsp3) is 0.632. The number of piperidine rings is 1. The van der Waals surface area contributed by atoms with Gasteiger partial charge in [-0.15, -0.1) is 0 Å². The molecule has 0 atom stereocenters. The second-order valence-corrected chi connectivity index (χ2v) is 7.61. The van der Waals surface area contributed by atoms with Crippen LogP contribution in [0.15, 0.2) is 18.5 Å². The van der Waals surface area contributed by atoms with Crippen LogP contribution in [0.3, 0.4) is 0 Å². The number of aliphatic carboxylic acids is 2. The van der Waals surface area contributed by atoms with Crippen LogP contribution < -0.4 is 4.90 Å². The highest BCUT2D eigenvalue weighted by atomic mass is 19.4. The average molecular weight is 533 g/mol. The number of halogens is 6. The van der Waals surface area contributed by atoms with Gasteiger partial charge in [-0.2, -0.15) is 26.3 Å². The van der Waals surface area contributed by atoms with Crippen molar-refractivity contribution < 1.29 is 56.0 Å². The van der Waals surface area contributed by atoms with Gasteiger partial charge in [-0.3, -0.25) is 9.69 Å². The summed E-state index contributed by atoms with van der Waals surface area (Å²) in [4.78, 5) is 45.4. The van der Waals surface area contributed by atoms with Crippen molar-refractivity contribution >= 4 is 23.8 Å².